The minimum atomic E-state index is -0.973. The average Bonchev–Trinajstić information content (AvgIpc) is 3.06. The second kappa shape index (κ2) is 10.4. The number of rotatable bonds is 7. The highest BCUT2D eigenvalue weighted by molar-refractivity contribution is 6.07. The summed E-state index contributed by atoms with van der Waals surface area (Å²) in [6.07, 6.45) is 2.58. The van der Waals surface area contributed by atoms with Crippen LogP contribution >= 0.6 is 0 Å². The number of halogens is 2. The molecule has 0 radical (unpaired) electrons. The SMILES string of the molecule is CC#CCN1C(=O)N[C@@](CCc2ccccc2)(C2CCN(Cc3cc(F)cc(F)c3)CC2)C1=O. The number of imide groups is 1. The number of nitrogens with zero attached hydrogens (tertiary/aromatic N) is 2. The number of hydrogen-bond acceptors (Lipinski definition) is 3. The summed E-state index contributed by atoms with van der Waals surface area (Å²) < 4.78 is 27.2. The van der Waals surface area contributed by atoms with Crippen molar-refractivity contribution >= 4 is 11.9 Å². The molecule has 1 N–H and O–H groups in total. The van der Waals surface area contributed by atoms with Gasteiger partial charge < -0.3 is 5.32 Å². The number of carbonyl (C=O) groups is 2. The van der Waals surface area contributed by atoms with E-state index in [9.17, 15) is 18.4 Å². The zero-order chi connectivity index (χ0) is 24.1. The minimum Gasteiger partial charge on any atom is -0.323 e. The molecule has 2 heterocycles. The molecular formula is C27H29F2N3O2. The Labute approximate surface area is 199 Å². The van der Waals surface area contributed by atoms with Crippen LogP contribution in [0.2, 0.25) is 0 Å². The van der Waals surface area contributed by atoms with E-state index in [4.69, 9.17) is 0 Å². The molecule has 2 saturated heterocycles. The third-order valence-corrected chi connectivity index (χ3v) is 6.88. The van der Waals surface area contributed by atoms with Gasteiger partial charge in [-0.2, -0.15) is 0 Å². The van der Waals surface area contributed by atoms with Crippen LogP contribution in [-0.4, -0.2) is 46.9 Å². The van der Waals surface area contributed by atoms with Gasteiger partial charge in [0.2, 0.25) is 0 Å². The first-order chi connectivity index (χ1) is 16.4. The number of aryl methyl sites for hydroxylation is 1. The highest BCUT2D eigenvalue weighted by atomic mass is 19.1. The summed E-state index contributed by atoms with van der Waals surface area (Å²) in [6.45, 7) is 3.55. The van der Waals surface area contributed by atoms with Crippen molar-refractivity contribution in [3.05, 3.63) is 71.3 Å². The van der Waals surface area contributed by atoms with Crippen LogP contribution in [-0.2, 0) is 17.8 Å². The summed E-state index contributed by atoms with van der Waals surface area (Å²) in [5.41, 5.74) is 0.727. The van der Waals surface area contributed by atoms with E-state index < -0.39 is 23.2 Å². The summed E-state index contributed by atoms with van der Waals surface area (Å²) in [7, 11) is 0. The number of hydrogen-bond donors (Lipinski definition) is 1. The summed E-state index contributed by atoms with van der Waals surface area (Å²) in [4.78, 5) is 29.7. The number of amides is 3. The molecule has 0 saturated carbocycles. The summed E-state index contributed by atoms with van der Waals surface area (Å²) >= 11 is 0. The van der Waals surface area contributed by atoms with Gasteiger partial charge in [-0.05, 0) is 74.9 Å². The maximum atomic E-state index is 13.6. The van der Waals surface area contributed by atoms with Crippen molar-refractivity contribution in [1.29, 1.82) is 0 Å². The van der Waals surface area contributed by atoms with Crippen molar-refractivity contribution in [2.45, 2.75) is 44.7 Å². The monoisotopic (exact) mass is 465 g/mol. The summed E-state index contributed by atoms with van der Waals surface area (Å²) in [5, 5.41) is 3.05. The smallest absolute Gasteiger partial charge is 0.323 e. The molecule has 5 nitrogen and oxygen atoms in total. The normalized spacial score (nSPS) is 21.3. The van der Waals surface area contributed by atoms with E-state index in [1.807, 2.05) is 30.3 Å². The first kappa shape index (κ1) is 23.9. The molecule has 2 aliphatic rings. The molecule has 2 aromatic rings. The van der Waals surface area contributed by atoms with Gasteiger partial charge in [-0.15, -0.1) is 5.92 Å². The minimum absolute atomic E-state index is 0.0345. The number of piperidine rings is 1. The van der Waals surface area contributed by atoms with Gasteiger partial charge in [-0.3, -0.25) is 14.6 Å². The van der Waals surface area contributed by atoms with Crippen molar-refractivity contribution in [1.82, 2.24) is 15.1 Å². The predicted octanol–water partition coefficient (Wildman–Crippen LogP) is 4.12. The maximum absolute atomic E-state index is 13.6. The van der Waals surface area contributed by atoms with Gasteiger partial charge in [0.15, 0.2) is 0 Å². The van der Waals surface area contributed by atoms with Gasteiger partial charge in [0, 0.05) is 12.6 Å². The quantitative estimate of drug-likeness (QED) is 0.494. The molecule has 0 bridgehead atoms. The number of benzene rings is 2. The Balaban J connectivity index is 1.49. The van der Waals surface area contributed by atoms with E-state index >= 15 is 0 Å². The first-order valence-corrected chi connectivity index (χ1v) is 11.7. The van der Waals surface area contributed by atoms with Crippen molar-refractivity contribution in [3.63, 3.8) is 0 Å². The van der Waals surface area contributed by atoms with Crippen LogP contribution in [0.4, 0.5) is 13.6 Å². The molecule has 3 amide bonds. The van der Waals surface area contributed by atoms with Gasteiger partial charge in [-0.1, -0.05) is 36.3 Å². The van der Waals surface area contributed by atoms with E-state index in [0.29, 0.717) is 50.9 Å². The zero-order valence-corrected chi connectivity index (χ0v) is 19.3. The fraction of sp³-hybridized carbons (Fsp3) is 0.407. The van der Waals surface area contributed by atoms with Crippen molar-refractivity contribution in [2.24, 2.45) is 5.92 Å². The Morgan fingerprint density at radius 3 is 2.35 bits per heavy atom. The molecule has 34 heavy (non-hydrogen) atoms. The molecule has 1 atom stereocenters. The lowest BCUT2D eigenvalue weighted by molar-refractivity contribution is -0.134. The third kappa shape index (κ3) is 5.13. The Bertz CT molecular complexity index is 1080. The van der Waals surface area contributed by atoms with E-state index in [1.165, 1.54) is 17.0 Å². The fourth-order valence-corrected chi connectivity index (χ4v) is 5.13. The fourth-order valence-electron chi connectivity index (χ4n) is 5.13. The third-order valence-electron chi connectivity index (χ3n) is 6.88. The van der Waals surface area contributed by atoms with Gasteiger partial charge >= 0.3 is 6.03 Å². The Hall–Kier alpha value is -3.24. The van der Waals surface area contributed by atoms with Gasteiger partial charge in [0.05, 0.1) is 6.54 Å². The van der Waals surface area contributed by atoms with Crippen LogP contribution in [0.15, 0.2) is 48.5 Å². The summed E-state index contributed by atoms with van der Waals surface area (Å²) in [6, 6.07) is 13.1. The van der Waals surface area contributed by atoms with Crippen LogP contribution in [0.5, 0.6) is 0 Å². The average molecular weight is 466 g/mol. The molecule has 4 rings (SSSR count). The maximum Gasteiger partial charge on any atom is 0.325 e. The number of carbonyl (C=O) groups excluding carboxylic acids is 2. The largest absolute Gasteiger partial charge is 0.325 e. The molecule has 2 aromatic carbocycles. The van der Waals surface area contributed by atoms with Crippen molar-refractivity contribution in [3.8, 4) is 11.8 Å². The molecular weight excluding hydrogens is 436 g/mol. The molecule has 2 fully saturated rings. The Morgan fingerprint density at radius 1 is 1.03 bits per heavy atom. The van der Waals surface area contributed by atoms with Gasteiger partial charge in [0.1, 0.15) is 17.2 Å². The van der Waals surface area contributed by atoms with Crippen LogP contribution in [0.1, 0.15) is 37.3 Å². The van der Waals surface area contributed by atoms with Crippen LogP contribution in [0, 0.1) is 29.4 Å². The molecule has 0 unspecified atom stereocenters. The predicted molar refractivity (Wildman–Crippen MR) is 126 cm³/mol. The van der Waals surface area contributed by atoms with E-state index in [2.05, 4.69) is 22.1 Å². The molecule has 178 valence electrons. The lowest BCUT2D eigenvalue weighted by atomic mass is 9.74. The second-order valence-electron chi connectivity index (χ2n) is 9.03. The highest BCUT2D eigenvalue weighted by Crippen LogP contribution is 2.37. The van der Waals surface area contributed by atoms with Crippen molar-refractivity contribution in [2.75, 3.05) is 19.6 Å². The summed E-state index contributed by atoms with van der Waals surface area (Å²) in [5.74, 6) is 4.18. The molecule has 0 aromatic heterocycles. The molecule has 0 aliphatic carbocycles. The highest BCUT2D eigenvalue weighted by Gasteiger charge is 2.55. The number of nitrogens with one attached hydrogen (secondary N) is 1. The molecule has 0 spiro atoms. The first-order valence-electron chi connectivity index (χ1n) is 11.7. The second-order valence-corrected chi connectivity index (χ2v) is 9.03. The Morgan fingerprint density at radius 2 is 1.71 bits per heavy atom. The Kier molecular flexibility index (Phi) is 7.28. The molecule has 2 aliphatic heterocycles. The number of urea groups is 1. The van der Waals surface area contributed by atoms with Crippen LogP contribution in [0.3, 0.4) is 0 Å². The van der Waals surface area contributed by atoms with Gasteiger partial charge in [0.25, 0.3) is 5.91 Å². The molecule has 7 heteroatoms. The lowest BCUT2D eigenvalue weighted by Crippen LogP contribution is -2.56. The lowest BCUT2D eigenvalue weighted by Gasteiger charge is -2.41. The van der Waals surface area contributed by atoms with E-state index in [0.717, 1.165) is 11.6 Å². The van der Waals surface area contributed by atoms with Crippen LogP contribution in [0.25, 0.3) is 0 Å². The standard InChI is InChI=1S/C27H29F2N3O2/c1-2-3-13-32-25(33)27(30-26(32)34,12-9-20-7-5-4-6-8-20)22-10-14-31(15-11-22)19-21-16-23(28)18-24(29)17-21/h4-8,16-18,22H,9-15,19H2,1H3,(H,30,34)/t27-/m0/s1. The van der Waals surface area contributed by atoms with Gasteiger partial charge in [-0.25, -0.2) is 13.6 Å². The number of likely N-dealkylation sites (tertiary alicyclic amines) is 1. The van der Waals surface area contributed by atoms with Crippen molar-refractivity contribution < 1.29 is 18.4 Å². The topological polar surface area (TPSA) is 52.7 Å². The van der Waals surface area contributed by atoms with E-state index in [-0.39, 0.29) is 18.4 Å². The van der Waals surface area contributed by atoms with E-state index in [1.54, 1.807) is 6.92 Å². The van der Waals surface area contributed by atoms with Crippen LogP contribution < -0.4 is 5.32 Å². The zero-order valence-electron chi connectivity index (χ0n) is 19.3.